The van der Waals surface area contributed by atoms with Gasteiger partial charge in [0.2, 0.25) is 11.8 Å². The molecule has 0 saturated carbocycles. The Morgan fingerprint density at radius 1 is 1.33 bits per heavy atom. The second-order valence-electron chi connectivity index (χ2n) is 5.11. The third kappa shape index (κ3) is 2.65. The molecule has 6 heteroatoms. The number of amides is 2. The Hall–Kier alpha value is -2.63. The highest BCUT2D eigenvalue weighted by Crippen LogP contribution is 2.21. The molecule has 2 N–H and O–H groups in total. The lowest BCUT2D eigenvalue weighted by Gasteiger charge is -2.11. The molecule has 0 bridgehead atoms. The predicted molar refractivity (Wildman–Crippen MR) is 77.0 cm³/mol. The Labute approximate surface area is 120 Å². The van der Waals surface area contributed by atoms with Gasteiger partial charge >= 0.3 is 5.63 Å². The number of fused-ring (bicyclic) bond motifs is 1. The summed E-state index contributed by atoms with van der Waals surface area (Å²) in [5.41, 5.74) is 1.35. The van der Waals surface area contributed by atoms with Crippen molar-refractivity contribution in [2.45, 2.75) is 25.8 Å². The van der Waals surface area contributed by atoms with Gasteiger partial charge in [-0.3, -0.25) is 9.59 Å². The van der Waals surface area contributed by atoms with Gasteiger partial charge in [0.15, 0.2) is 0 Å². The van der Waals surface area contributed by atoms with Crippen LogP contribution in [0.2, 0.25) is 0 Å². The second-order valence-corrected chi connectivity index (χ2v) is 5.11. The molecule has 21 heavy (non-hydrogen) atoms. The van der Waals surface area contributed by atoms with Crippen LogP contribution in [-0.4, -0.2) is 17.9 Å². The first-order valence-electron chi connectivity index (χ1n) is 6.68. The summed E-state index contributed by atoms with van der Waals surface area (Å²) in [7, 11) is 0. The molecule has 1 aromatic carbocycles. The number of hydrogen-bond donors (Lipinski definition) is 2. The van der Waals surface area contributed by atoms with E-state index in [1.807, 2.05) is 6.92 Å². The molecular weight excluding hydrogens is 272 g/mol. The maximum absolute atomic E-state index is 12.0. The molecule has 0 aliphatic carbocycles. The van der Waals surface area contributed by atoms with Gasteiger partial charge in [0.05, 0.1) is 0 Å². The Morgan fingerprint density at radius 2 is 2.14 bits per heavy atom. The van der Waals surface area contributed by atoms with Crippen LogP contribution in [0.5, 0.6) is 0 Å². The number of rotatable bonds is 2. The van der Waals surface area contributed by atoms with Crippen LogP contribution in [0.1, 0.15) is 18.4 Å². The Morgan fingerprint density at radius 3 is 2.86 bits per heavy atom. The van der Waals surface area contributed by atoms with E-state index in [1.54, 1.807) is 18.2 Å². The van der Waals surface area contributed by atoms with Crippen molar-refractivity contribution in [3.05, 3.63) is 40.2 Å². The number of nitrogens with one attached hydrogen (secondary N) is 2. The lowest BCUT2D eigenvalue weighted by molar-refractivity contribution is -0.122. The number of anilines is 1. The maximum Gasteiger partial charge on any atom is 0.336 e. The van der Waals surface area contributed by atoms with Crippen molar-refractivity contribution in [2.75, 3.05) is 5.32 Å². The monoisotopic (exact) mass is 286 g/mol. The van der Waals surface area contributed by atoms with Crippen LogP contribution in [0.15, 0.2) is 33.5 Å². The molecule has 1 aromatic heterocycles. The van der Waals surface area contributed by atoms with Gasteiger partial charge in [0.25, 0.3) is 0 Å². The highest BCUT2D eigenvalue weighted by atomic mass is 16.4. The zero-order valence-corrected chi connectivity index (χ0v) is 11.4. The minimum atomic E-state index is -0.502. The van der Waals surface area contributed by atoms with E-state index in [9.17, 15) is 14.4 Å². The first kappa shape index (κ1) is 13.4. The predicted octanol–water partition coefficient (Wildman–Crippen LogP) is 1.32. The summed E-state index contributed by atoms with van der Waals surface area (Å²) in [5.74, 6) is -0.384. The Balaban J connectivity index is 1.86. The normalized spacial score (nSPS) is 17.8. The van der Waals surface area contributed by atoms with E-state index < -0.39 is 11.7 Å². The molecule has 2 aromatic rings. The molecule has 1 saturated heterocycles. The second kappa shape index (κ2) is 5.05. The topological polar surface area (TPSA) is 88.4 Å². The van der Waals surface area contributed by atoms with Crippen LogP contribution in [0.3, 0.4) is 0 Å². The molecule has 108 valence electrons. The average molecular weight is 286 g/mol. The van der Waals surface area contributed by atoms with Gasteiger partial charge in [-0.25, -0.2) is 4.79 Å². The molecule has 0 radical (unpaired) electrons. The van der Waals surface area contributed by atoms with Crippen molar-refractivity contribution in [1.29, 1.82) is 0 Å². The van der Waals surface area contributed by atoms with Crippen molar-refractivity contribution >= 4 is 28.5 Å². The number of carbonyl (C=O) groups is 2. The molecule has 1 atom stereocenters. The first-order chi connectivity index (χ1) is 10.0. The summed E-state index contributed by atoms with van der Waals surface area (Å²) < 4.78 is 5.13. The van der Waals surface area contributed by atoms with Gasteiger partial charge in [-0.15, -0.1) is 0 Å². The highest BCUT2D eigenvalue weighted by Gasteiger charge is 2.27. The molecular formula is C15H14N2O4. The fourth-order valence-corrected chi connectivity index (χ4v) is 2.44. The molecule has 6 nitrogen and oxygen atoms in total. The van der Waals surface area contributed by atoms with Gasteiger partial charge < -0.3 is 15.1 Å². The van der Waals surface area contributed by atoms with Crippen LogP contribution in [0.4, 0.5) is 5.69 Å². The fraction of sp³-hybridized carbons (Fsp3) is 0.267. The third-order valence-corrected chi connectivity index (χ3v) is 3.53. The third-order valence-electron chi connectivity index (χ3n) is 3.53. The number of benzene rings is 1. The van der Waals surface area contributed by atoms with E-state index in [2.05, 4.69) is 10.6 Å². The quantitative estimate of drug-likeness (QED) is 0.815. The Bertz CT molecular complexity index is 794. The lowest BCUT2D eigenvalue weighted by Crippen LogP contribution is -2.37. The molecule has 0 unspecified atom stereocenters. The molecule has 0 spiro atoms. The average Bonchev–Trinajstić information content (AvgIpc) is 2.85. The Kier molecular flexibility index (Phi) is 3.21. The largest absolute Gasteiger partial charge is 0.423 e. The van der Waals surface area contributed by atoms with Crippen molar-refractivity contribution in [3.63, 3.8) is 0 Å². The fourth-order valence-electron chi connectivity index (χ4n) is 2.44. The van der Waals surface area contributed by atoms with E-state index in [0.29, 0.717) is 24.1 Å². The van der Waals surface area contributed by atoms with Crippen molar-refractivity contribution < 1.29 is 14.0 Å². The molecule has 3 rings (SSSR count). The van der Waals surface area contributed by atoms with Crippen LogP contribution >= 0.6 is 0 Å². The van der Waals surface area contributed by atoms with Crippen molar-refractivity contribution in [2.24, 2.45) is 0 Å². The summed E-state index contributed by atoms with van der Waals surface area (Å²) in [6, 6.07) is 6.06. The van der Waals surface area contributed by atoms with Crippen molar-refractivity contribution in [1.82, 2.24) is 5.32 Å². The molecule has 2 amide bonds. The van der Waals surface area contributed by atoms with Gasteiger partial charge in [0, 0.05) is 29.6 Å². The summed E-state index contributed by atoms with van der Waals surface area (Å²) in [6.07, 6.45) is 0.857. The lowest BCUT2D eigenvalue weighted by atomic mass is 10.1. The van der Waals surface area contributed by atoms with Crippen molar-refractivity contribution in [3.8, 4) is 0 Å². The van der Waals surface area contributed by atoms with E-state index >= 15 is 0 Å². The highest BCUT2D eigenvalue weighted by molar-refractivity contribution is 6.00. The van der Waals surface area contributed by atoms with Gasteiger partial charge in [0.1, 0.15) is 11.6 Å². The van der Waals surface area contributed by atoms with E-state index in [4.69, 9.17) is 4.42 Å². The zero-order chi connectivity index (χ0) is 15.0. The van der Waals surface area contributed by atoms with Gasteiger partial charge in [-0.05, 0) is 31.0 Å². The summed E-state index contributed by atoms with van der Waals surface area (Å²) in [4.78, 5) is 34.5. The summed E-state index contributed by atoms with van der Waals surface area (Å²) >= 11 is 0. The van der Waals surface area contributed by atoms with Crippen LogP contribution in [0, 0.1) is 6.92 Å². The smallest absolute Gasteiger partial charge is 0.336 e. The first-order valence-corrected chi connectivity index (χ1v) is 6.68. The minimum absolute atomic E-state index is 0.115. The summed E-state index contributed by atoms with van der Waals surface area (Å²) in [6.45, 7) is 1.82. The zero-order valence-electron chi connectivity index (χ0n) is 11.4. The number of aryl methyl sites for hydroxylation is 1. The number of carbonyl (C=O) groups excluding carboxylic acids is 2. The maximum atomic E-state index is 12.0. The molecule has 1 aliphatic rings. The van der Waals surface area contributed by atoms with E-state index in [0.717, 1.165) is 10.9 Å². The molecule has 2 heterocycles. The standard InChI is InChI=1S/C15H14N2O4/c1-8-6-14(19)21-12-7-9(2-3-10(8)12)16-15(20)11-4-5-13(18)17-11/h2-3,6-7,11H,4-5H2,1H3,(H,16,20)(H,17,18)/t11-/m0/s1. The molecule has 1 fully saturated rings. The number of hydrogen-bond acceptors (Lipinski definition) is 4. The summed E-state index contributed by atoms with van der Waals surface area (Å²) in [5, 5.41) is 6.15. The molecule has 1 aliphatic heterocycles. The van der Waals surface area contributed by atoms with Crippen LogP contribution in [0.25, 0.3) is 11.0 Å². The van der Waals surface area contributed by atoms with E-state index in [-0.39, 0.29) is 11.8 Å². The van der Waals surface area contributed by atoms with Crippen LogP contribution < -0.4 is 16.3 Å². The minimum Gasteiger partial charge on any atom is -0.423 e. The SMILES string of the molecule is Cc1cc(=O)oc2cc(NC(=O)[C@@H]3CCC(=O)N3)ccc12. The van der Waals surface area contributed by atoms with Crippen LogP contribution in [-0.2, 0) is 9.59 Å². The van der Waals surface area contributed by atoms with Gasteiger partial charge in [-0.2, -0.15) is 0 Å². The van der Waals surface area contributed by atoms with E-state index in [1.165, 1.54) is 6.07 Å². The van der Waals surface area contributed by atoms with Gasteiger partial charge in [-0.1, -0.05) is 0 Å².